The molecule has 2 aromatic carbocycles. The molecule has 0 unspecified atom stereocenters. The van der Waals surface area contributed by atoms with E-state index in [-0.39, 0.29) is 27.5 Å². The van der Waals surface area contributed by atoms with Gasteiger partial charge in [0.1, 0.15) is 5.56 Å². The highest BCUT2D eigenvalue weighted by Gasteiger charge is 2.19. The molecule has 3 rings (SSSR count). The summed E-state index contributed by atoms with van der Waals surface area (Å²) in [7, 11) is -3.91. The van der Waals surface area contributed by atoms with Crippen LogP contribution >= 0.6 is 11.3 Å². The van der Waals surface area contributed by atoms with E-state index in [4.69, 9.17) is 11.6 Å². The largest absolute Gasteiger partial charge is 0.305 e. The fourth-order valence-corrected chi connectivity index (χ4v) is 4.20. The number of nitrogens with zero attached hydrogens (tertiary/aromatic N) is 3. The second-order valence-electron chi connectivity index (χ2n) is 5.54. The second kappa shape index (κ2) is 7.35. The summed E-state index contributed by atoms with van der Waals surface area (Å²) in [5.41, 5.74) is 0.0317. The third-order valence-corrected chi connectivity index (χ3v) is 5.71. The molecule has 142 valence electrons. The molecule has 9 nitrogen and oxygen atoms in total. The van der Waals surface area contributed by atoms with E-state index in [2.05, 4.69) is 10.9 Å². The summed E-state index contributed by atoms with van der Waals surface area (Å²) < 4.78 is 25.2. The van der Waals surface area contributed by atoms with Crippen molar-refractivity contribution in [2.45, 2.75) is 11.4 Å². The number of benzene rings is 2. The maximum absolute atomic E-state index is 12.6. The molecule has 0 bridgehead atoms. The number of nitro groups is 1. The van der Waals surface area contributed by atoms with Gasteiger partial charge in [0.2, 0.25) is 10.0 Å². The molecule has 0 spiro atoms. The third kappa shape index (κ3) is 3.70. The van der Waals surface area contributed by atoms with Crippen molar-refractivity contribution in [1.82, 2.24) is 4.57 Å². The van der Waals surface area contributed by atoms with Gasteiger partial charge in [-0.1, -0.05) is 29.4 Å². The van der Waals surface area contributed by atoms with Crippen molar-refractivity contribution in [2.75, 3.05) is 0 Å². The van der Waals surface area contributed by atoms with Crippen LogP contribution in [0.25, 0.3) is 10.2 Å². The summed E-state index contributed by atoms with van der Waals surface area (Å²) in [6.07, 6.45) is 5.39. The number of amides is 1. The van der Waals surface area contributed by atoms with Crippen LogP contribution in [-0.2, 0) is 16.6 Å². The third-order valence-electron chi connectivity index (χ3n) is 3.76. The molecule has 0 radical (unpaired) electrons. The molecule has 28 heavy (non-hydrogen) atoms. The maximum atomic E-state index is 12.6. The lowest BCUT2D eigenvalue weighted by atomic mass is 10.2. The van der Waals surface area contributed by atoms with Crippen LogP contribution < -0.4 is 9.94 Å². The number of carbonyl (C=O) groups excluding carboxylic acids is 1. The van der Waals surface area contributed by atoms with Crippen LogP contribution in [0, 0.1) is 22.5 Å². The lowest BCUT2D eigenvalue weighted by molar-refractivity contribution is -0.385. The number of nitrogens with two attached hydrogens (primary N) is 1. The zero-order valence-electron chi connectivity index (χ0n) is 14.1. The minimum absolute atomic E-state index is 0.0672. The number of para-hydroxylation sites is 1. The number of carbonyl (C=O) groups is 1. The smallest absolute Gasteiger partial charge is 0.286 e. The van der Waals surface area contributed by atoms with Gasteiger partial charge < -0.3 is 4.57 Å². The van der Waals surface area contributed by atoms with Gasteiger partial charge >= 0.3 is 0 Å². The normalized spacial score (nSPS) is 12.1. The predicted molar refractivity (Wildman–Crippen MR) is 103 cm³/mol. The van der Waals surface area contributed by atoms with Crippen molar-refractivity contribution < 1.29 is 18.1 Å². The number of aromatic nitrogens is 1. The molecule has 1 amide bonds. The fraction of sp³-hybridized carbons (Fsp3) is 0.0588. The van der Waals surface area contributed by atoms with Gasteiger partial charge in [0.05, 0.1) is 26.6 Å². The molecule has 0 saturated carbocycles. The Hall–Kier alpha value is -3.33. The first-order valence-corrected chi connectivity index (χ1v) is 10.0. The van der Waals surface area contributed by atoms with Gasteiger partial charge in [-0.3, -0.25) is 14.9 Å². The summed E-state index contributed by atoms with van der Waals surface area (Å²) in [5.74, 6) is 1.63. The Bertz CT molecular complexity index is 1330. The lowest BCUT2D eigenvalue weighted by Gasteiger charge is -2.01. The van der Waals surface area contributed by atoms with Crippen LogP contribution in [0.4, 0.5) is 5.69 Å². The Morgan fingerprint density at radius 2 is 2.04 bits per heavy atom. The van der Waals surface area contributed by atoms with Crippen LogP contribution in [0.2, 0.25) is 0 Å². The van der Waals surface area contributed by atoms with Gasteiger partial charge in [0.25, 0.3) is 11.6 Å². The minimum atomic E-state index is -3.91. The lowest BCUT2D eigenvalue weighted by Crippen LogP contribution is -2.17. The number of nitro benzene ring substituents is 1. The van der Waals surface area contributed by atoms with Crippen LogP contribution in [-0.4, -0.2) is 23.8 Å². The SMILES string of the molecule is C#CCn1c(=NC(=O)c2ccccc2[N+](=O)[O-])sc2cc(S(N)(=O)=O)ccc21. The van der Waals surface area contributed by atoms with Crippen LogP contribution in [0.3, 0.4) is 0 Å². The van der Waals surface area contributed by atoms with Crippen molar-refractivity contribution in [2.24, 2.45) is 10.1 Å². The van der Waals surface area contributed by atoms with Crippen LogP contribution in [0.5, 0.6) is 0 Å². The first-order chi connectivity index (χ1) is 13.2. The molecule has 3 aromatic rings. The number of primary sulfonamides is 1. The van der Waals surface area contributed by atoms with E-state index in [0.29, 0.717) is 10.2 Å². The first-order valence-electron chi connectivity index (χ1n) is 7.64. The highest BCUT2D eigenvalue weighted by Crippen LogP contribution is 2.22. The zero-order chi connectivity index (χ0) is 20.5. The zero-order valence-corrected chi connectivity index (χ0v) is 15.7. The number of hydrogen-bond donors (Lipinski definition) is 1. The predicted octanol–water partition coefficient (Wildman–Crippen LogP) is 1.63. The summed E-state index contributed by atoms with van der Waals surface area (Å²) >= 11 is 1.02. The van der Waals surface area contributed by atoms with Crippen LogP contribution in [0.1, 0.15) is 10.4 Å². The molecule has 0 atom stereocenters. The molecule has 0 aliphatic carbocycles. The van der Waals surface area contributed by atoms with Gasteiger partial charge in [-0.05, 0) is 24.3 Å². The average molecular weight is 416 g/mol. The topological polar surface area (TPSA) is 138 Å². The minimum Gasteiger partial charge on any atom is -0.305 e. The summed E-state index contributed by atoms with van der Waals surface area (Å²) in [6, 6.07) is 9.65. The monoisotopic (exact) mass is 416 g/mol. The van der Waals surface area contributed by atoms with E-state index in [1.165, 1.54) is 42.5 Å². The fourth-order valence-electron chi connectivity index (χ4n) is 2.52. The molecular weight excluding hydrogens is 404 g/mol. The summed E-state index contributed by atoms with van der Waals surface area (Å²) in [5, 5.41) is 16.3. The van der Waals surface area contributed by atoms with Gasteiger partial charge in [0.15, 0.2) is 4.80 Å². The summed E-state index contributed by atoms with van der Waals surface area (Å²) in [4.78, 5) is 27.1. The van der Waals surface area contributed by atoms with Crippen molar-refractivity contribution in [3.05, 3.63) is 62.9 Å². The molecule has 1 aromatic heterocycles. The van der Waals surface area contributed by atoms with E-state index in [0.717, 1.165) is 11.3 Å². The molecule has 0 aliphatic rings. The van der Waals surface area contributed by atoms with Crippen LogP contribution in [0.15, 0.2) is 52.4 Å². The van der Waals surface area contributed by atoms with Crippen molar-refractivity contribution in [3.63, 3.8) is 0 Å². The number of rotatable bonds is 4. The number of terminal acetylenes is 1. The van der Waals surface area contributed by atoms with E-state index in [9.17, 15) is 23.3 Å². The average Bonchev–Trinajstić information content (AvgIpc) is 2.97. The quantitative estimate of drug-likeness (QED) is 0.391. The van der Waals surface area contributed by atoms with E-state index >= 15 is 0 Å². The molecule has 11 heteroatoms. The maximum Gasteiger partial charge on any atom is 0.286 e. The molecule has 1 heterocycles. The highest BCUT2D eigenvalue weighted by atomic mass is 32.2. The number of sulfonamides is 1. The second-order valence-corrected chi connectivity index (χ2v) is 8.11. The number of hydrogen-bond acceptors (Lipinski definition) is 6. The Morgan fingerprint density at radius 1 is 1.32 bits per heavy atom. The highest BCUT2D eigenvalue weighted by molar-refractivity contribution is 7.89. The number of thiazole rings is 1. The Balaban J connectivity index is 2.22. The van der Waals surface area contributed by atoms with Gasteiger partial charge in [-0.25, -0.2) is 13.6 Å². The Morgan fingerprint density at radius 3 is 2.68 bits per heavy atom. The van der Waals surface area contributed by atoms with E-state index in [1.807, 2.05) is 0 Å². The molecule has 0 aliphatic heterocycles. The summed E-state index contributed by atoms with van der Waals surface area (Å²) in [6.45, 7) is 0.0672. The van der Waals surface area contributed by atoms with Crippen molar-refractivity contribution >= 4 is 43.2 Å². The Labute approximate surface area is 163 Å². The molecule has 0 saturated heterocycles. The first kappa shape index (κ1) is 19.4. The Kier molecular flexibility index (Phi) is 5.10. The van der Waals surface area contributed by atoms with Gasteiger partial charge in [-0.2, -0.15) is 4.99 Å². The van der Waals surface area contributed by atoms with Gasteiger partial charge in [0, 0.05) is 6.07 Å². The molecule has 0 fully saturated rings. The standard InChI is InChI=1S/C17H12N4O5S2/c1-2-9-20-14-8-7-11(28(18,25)26)10-15(14)27-17(20)19-16(22)12-5-3-4-6-13(12)21(23)24/h1,3-8,10H,9H2,(H2,18,25,26). The van der Waals surface area contributed by atoms with Crippen molar-refractivity contribution in [1.29, 1.82) is 0 Å². The molecular formula is C17H12N4O5S2. The number of fused-ring (bicyclic) bond motifs is 1. The van der Waals surface area contributed by atoms with Crippen molar-refractivity contribution in [3.8, 4) is 12.3 Å². The van der Waals surface area contributed by atoms with Gasteiger partial charge in [-0.15, -0.1) is 6.42 Å². The van der Waals surface area contributed by atoms with E-state index in [1.54, 1.807) is 4.57 Å². The molecule has 2 N–H and O–H groups in total. The van der Waals surface area contributed by atoms with E-state index < -0.39 is 20.9 Å².